The van der Waals surface area contributed by atoms with Crippen LogP contribution in [0.25, 0.3) is 0 Å². The fourth-order valence-corrected chi connectivity index (χ4v) is 2.77. The van der Waals surface area contributed by atoms with Crippen LogP contribution >= 0.6 is 23.5 Å². The lowest BCUT2D eigenvalue weighted by atomic mass is 10.4. The third kappa shape index (κ3) is 13.7. The monoisotopic (exact) mass is 421 g/mol. The molecule has 0 saturated carbocycles. The highest BCUT2D eigenvalue weighted by Crippen LogP contribution is 2.16. The summed E-state index contributed by atoms with van der Waals surface area (Å²) >= 11 is 3.07. The van der Waals surface area contributed by atoms with Crippen molar-refractivity contribution in [3.05, 3.63) is 45.0 Å². The van der Waals surface area contributed by atoms with Gasteiger partial charge in [-0.25, -0.2) is 9.59 Å². The van der Waals surface area contributed by atoms with Crippen LogP contribution < -0.4 is 5.32 Å². The van der Waals surface area contributed by atoms with Crippen molar-refractivity contribution in [2.75, 3.05) is 32.6 Å². The Labute approximate surface area is 165 Å². The quantitative estimate of drug-likeness (QED) is 0.220. The molecule has 27 heavy (non-hydrogen) atoms. The molecule has 0 aliphatic heterocycles. The smallest absolute Gasteiger partial charge is 0.414 e. The Morgan fingerprint density at radius 1 is 1.30 bits per heavy atom. The number of nitrogens with zero attached hydrogens (tertiary/aromatic N) is 2. The van der Waals surface area contributed by atoms with Crippen molar-refractivity contribution in [2.45, 2.75) is 12.3 Å². The van der Waals surface area contributed by atoms with Crippen LogP contribution in [0.4, 0.5) is 0 Å². The van der Waals surface area contributed by atoms with E-state index in [-0.39, 0.29) is 0 Å². The molecule has 0 bridgehead atoms. The van der Waals surface area contributed by atoms with E-state index in [1.165, 1.54) is 11.8 Å². The summed E-state index contributed by atoms with van der Waals surface area (Å²) in [6, 6.07) is 4.00. The van der Waals surface area contributed by atoms with Crippen LogP contribution in [0, 0.1) is 10.1 Å². The number of aliphatic carboxylic acids is 2. The van der Waals surface area contributed by atoms with Gasteiger partial charge in [-0.15, -0.1) is 11.8 Å². The second-order valence-electron chi connectivity index (χ2n) is 5.18. The maximum atomic E-state index is 10.4. The molecule has 10 nitrogen and oxygen atoms in total. The molecule has 3 N–H and O–H groups in total. The van der Waals surface area contributed by atoms with Gasteiger partial charge in [-0.3, -0.25) is 10.1 Å². The summed E-state index contributed by atoms with van der Waals surface area (Å²) in [4.78, 5) is 30.2. The molecule has 152 valence electrons. The zero-order valence-electron chi connectivity index (χ0n) is 15.2. The lowest BCUT2D eigenvalue weighted by Gasteiger charge is -2.06. The molecule has 0 amide bonds. The average molecular weight is 421 g/mol. The molecule has 0 unspecified atom stereocenters. The molecule has 0 aliphatic rings. The summed E-state index contributed by atoms with van der Waals surface area (Å²) in [6.45, 7) is 1.49. The number of nitrogens with one attached hydrogen (secondary N) is 1. The molecule has 0 spiro atoms. The Balaban J connectivity index is 0.000000972. The number of carbonyl (C=O) groups is 2. The maximum Gasteiger partial charge on any atom is 0.414 e. The zero-order valence-corrected chi connectivity index (χ0v) is 16.8. The molecule has 1 heterocycles. The van der Waals surface area contributed by atoms with Gasteiger partial charge in [0.1, 0.15) is 16.5 Å². The summed E-state index contributed by atoms with van der Waals surface area (Å²) < 4.78 is 5.71. The number of rotatable bonds is 10. The number of carboxylic acids is 2. The van der Waals surface area contributed by atoms with E-state index in [1.807, 2.05) is 32.5 Å². The van der Waals surface area contributed by atoms with Crippen molar-refractivity contribution >= 4 is 35.5 Å². The fourth-order valence-electron chi connectivity index (χ4n) is 1.58. The Bertz CT molecular complexity index is 635. The van der Waals surface area contributed by atoms with E-state index in [2.05, 4.69) is 10.2 Å². The first-order chi connectivity index (χ1) is 12.6. The first kappa shape index (κ1) is 24.8. The summed E-state index contributed by atoms with van der Waals surface area (Å²) in [5, 5.41) is 28.8. The minimum absolute atomic E-state index is 0.443. The number of hydrogen-bond donors (Lipinski definition) is 3. The summed E-state index contributed by atoms with van der Waals surface area (Å²) in [7, 11) is 4.01. The van der Waals surface area contributed by atoms with Crippen LogP contribution in [-0.2, 0) is 21.9 Å². The van der Waals surface area contributed by atoms with Gasteiger partial charge < -0.3 is 24.8 Å². The van der Waals surface area contributed by atoms with E-state index in [1.54, 1.807) is 11.8 Å². The highest BCUT2D eigenvalue weighted by Gasteiger charge is 2.05. The Kier molecular flexibility index (Phi) is 12.8. The largest absolute Gasteiger partial charge is 0.473 e. The molecule has 1 aromatic heterocycles. The second-order valence-corrected chi connectivity index (χ2v) is 7.13. The van der Waals surface area contributed by atoms with E-state index in [0.29, 0.717) is 11.6 Å². The van der Waals surface area contributed by atoms with E-state index >= 15 is 0 Å². The molecular formula is C15H23N3O7S2. The molecule has 0 radical (unpaired) electrons. The third-order valence-corrected chi connectivity index (χ3v) is 4.28. The van der Waals surface area contributed by atoms with E-state index in [9.17, 15) is 10.1 Å². The molecule has 0 atom stereocenters. The Hall–Kier alpha value is -2.18. The minimum atomic E-state index is -1.82. The number of furan rings is 1. The summed E-state index contributed by atoms with van der Waals surface area (Å²) in [6.07, 6.45) is 2.81. The predicted molar refractivity (Wildman–Crippen MR) is 104 cm³/mol. The molecule has 1 rings (SSSR count). The average Bonchev–Trinajstić information content (AvgIpc) is 3.00. The van der Waals surface area contributed by atoms with Crippen molar-refractivity contribution in [3.8, 4) is 0 Å². The Morgan fingerprint density at radius 3 is 2.37 bits per heavy atom. The third-order valence-electron chi connectivity index (χ3n) is 2.60. The van der Waals surface area contributed by atoms with Gasteiger partial charge in [0.05, 0.1) is 17.2 Å². The molecule has 0 aromatic carbocycles. The molecule has 0 saturated heterocycles. The van der Waals surface area contributed by atoms with Crippen LogP contribution in [0.1, 0.15) is 11.5 Å². The lowest BCUT2D eigenvalue weighted by Crippen LogP contribution is -2.15. The highest BCUT2D eigenvalue weighted by molar-refractivity contribution is 8.02. The maximum absolute atomic E-state index is 10.4. The zero-order chi connectivity index (χ0) is 20.8. The van der Waals surface area contributed by atoms with Crippen molar-refractivity contribution in [1.29, 1.82) is 0 Å². The van der Waals surface area contributed by atoms with E-state index in [0.717, 1.165) is 35.8 Å². The lowest BCUT2D eigenvalue weighted by molar-refractivity contribution is -0.403. The van der Waals surface area contributed by atoms with Gasteiger partial charge in [-0.1, -0.05) is 0 Å². The molecule has 0 fully saturated rings. The summed E-state index contributed by atoms with van der Waals surface area (Å²) in [5.41, 5.74) is 0. The van der Waals surface area contributed by atoms with E-state index < -0.39 is 16.9 Å². The highest BCUT2D eigenvalue weighted by atomic mass is 32.2. The van der Waals surface area contributed by atoms with Crippen LogP contribution in [0.5, 0.6) is 0 Å². The van der Waals surface area contributed by atoms with Crippen LogP contribution in [0.2, 0.25) is 0 Å². The predicted octanol–water partition coefficient (Wildman–Crippen LogP) is 1.76. The fraction of sp³-hybridized carbons (Fsp3) is 0.467. The van der Waals surface area contributed by atoms with Crippen LogP contribution in [-0.4, -0.2) is 64.6 Å². The van der Waals surface area contributed by atoms with Gasteiger partial charge in [0.2, 0.25) is 0 Å². The Morgan fingerprint density at radius 2 is 1.89 bits per heavy atom. The first-order valence-electron chi connectivity index (χ1n) is 7.55. The molecular weight excluding hydrogens is 398 g/mol. The van der Waals surface area contributed by atoms with Gasteiger partial charge in [-0.05, 0) is 32.5 Å². The molecule has 0 aliphatic carbocycles. The van der Waals surface area contributed by atoms with Gasteiger partial charge in [0.15, 0.2) is 0 Å². The molecule has 12 heteroatoms. The van der Waals surface area contributed by atoms with Crippen LogP contribution in [0.3, 0.4) is 0 Å². The van der Waals surface area contributed by atoms with Crippen LogP contribution in [0.15, 0.2) is 27.8 Å². The van der Waals surface area contributed by atoms with Crippen molar-refractivity contribution in [2.24, 2.45) is 0 Å². The van der Waals surface area contributed by atoms with Crippen molar-refractivity contribution in [3.63, 3.8) is 0 Å². The number of thioether (sulfide) groups is 2. The summed E-state index contributed by atoms with van der Waals surface area (Å²) in [5.74, 6) is -0.0535. The van der Waals surface area contributed by atoms with Gasteiger partial charge in [-0.2, -0.15) is 11.8 Å². The molecule has 1 aromatic rings. The van der Waals surface area contributed by atoms with Crippen molar-refractivity contribution in [1.82, 2.24) is 10.2 Å². The SMILES string of the molecule is CSC(=C[N+](=O)[O-])NCCSCc1ccc(CN(C)C)o1.O=C(O)C(=O)O. The topological polar surface area (TPSA) is 146 Å². The van der Waals surface area contributed by atoms with Gasteiger partial charge in [0.25, 0.3) is 6.20 Å². The number of carboxylic acid groups (broad SMARTS) is 2. The minimum Gasteiger partial charge on any atom is -0.473 e. The van der Waals surface area contributed by atoms with E-state index in [4.69, 9.17) is 24.2 Å². The standard InChI is InChI=1S/C13H21N3O3S2.C2H2O4/c1-15(2)8-11-4-5-12(19-11)10-21-7-6-14-13(20-3)9-16(17)18;3-1(4)2(5)6/h4-5,9,14H,6-8,10H2,1-3H3;(H,3,4)(H,5,6). The first-order valence-corrected chi connectivity index (χ1v) is 9.93. The van der Waals surface area contributed by atoms with Gasteiger partial charge in [0, 0.05) is 12.3 Å². The van der Waals surface area contributed by atoms with Gasteiger partial charge >= 0.3 is 11.9 Å². The second kappa shape index (κ2) is 13.9. The van der Waals surface area contributed by atoms with Crippen molar-refractivity contribution < 1.29 is 29.1 Å². The normalized spacial score (nSPS) is 10.9. The number of nitro groups is 1. The number of hydrogen-bond acceptors (Lipinski definition) is 9.